The molecule has 0 spiro atoms. The average Bonchev–Trinajstić information content (AvgIpc) is 2.53. The fourth-order valence-corrected chi connectivity index (χ4v) is 1.26. The first-order valence-corrected chi connectivity index (χ1v) is 4.15. The van der Waals surface area contributed by atoms with Crippen LogP contribution in [0.5, 0.6) is 0 Å². The van der Waals surface area contributed by atoms with E-state index in [0.29, 0.717) is 18.9 Å². The number of nitrogens with zero attached hydrogens (tertiary/aromatic N) is 2. The third kappa shape index (κ3) is 1.93. The van der Waals surface area contributed by atoms with E-state index in [-0.39, 0.29) is 11.9 Å². The summed E-state index contributed by atoms with van der Waals surface area (Å²) in [7, 11) is 0. The van der Waals surface area contributed by atoms with Gasteiger partial charge in [0.15, 0.2) is 0 Å². The highest BCUT2D eigenvalue weighted by Gasteiger charge is 2.21. The number of aromatic nitrogens is 2. The zero-order valence-corrected chi connectivity index (χ0v) is 7.03. The predicted molar refractivity (Wildman–Crippen MR) is 47.1 cm³/mol. The molecule has 68 valence electrons. The Morgan fingerprint density at radius 2 is 2.23 bits per heavy atom. The van der Waals surface area contributed by atoms with Gasteiger partial charge in [-0.05, 0) is 6.07 Å². The van der Waals surface area contributed by atoms with Crippen molar-refractivity contribution in [1.29, 1.82) is 0 Å². The third-order valence-electron chi connectivity index (χ3n) is 1.88. The standard InChI is InChI=1S/C8H10N4O/c13-7-4-6(5-11-7)12-8-9-2-1-3-10-8/h1-3,6H,4-5H2,(H,11,13)(H,9,10,12). The maximum Gasteiger partial charge on any atom is 0.222 e. The van der Waals surface area contributed by atoms with Crippen LogP contribution < -0.4 is 10.6 Å². The Labute approximate surface area is 75.6 Å². The Bertz CT molecular complexity index is 300. The monoisotopic (exact) mass is 178 g/mol. The molecule has 2 N–H and O–H groups in total. The van der Waals surface area contributed by atoms with Crippen molar-refractivity contribution >= 4 is 11.9 Å². The Kier molecular flexibility index (Phi) is 2.08. The van der Waals surface area contributed by atoms with Crippen LogP contribution in [0, 0.1) is 0 Å². The molecule has 0 saturated carbocycles. The average molecular weight is 178 g/mol. The van der Waals surface area contributed by atoms with Crippen molar-refractivity contribution < 1.29 is 4.79 Å². The number of amides is 1. The number of rotatable bonds is 2. The van der Waals surface area contributed by atoms with Gasteiger partial charge in [0, 0.05) is 25.4 Å². The van der Waals surface area contributed by atoms with Crippen molar-refractivity contribution in [2.24, 2.45) is 0 Å². The number of carbonyl (C=O) groups is 1. The lowest BCUT2D eigenvalue weighted by Gasteiger charge is -2.08. The van der Waals surface area contributed by atoms with Gasteiger partial charge < -0.3 is 10.6 Å². The molecule has 1 aliphatic rings. The molecule has 1 aliphatic heterocycles. The summed E-state index contributed by atoms with van der Waals surface area (Å²) in [5.74, 6) is 0.650. The normalized spacial score (nSPS) is 21.2. The highest BCUT2D eigenvalue weighted by atomic mass is 16.1. The van der Waals surface area contributed by atoms with Gasteiger partial charge in [0.2, 0.25) is 11.9 Å². The minimum atomic E-state index is 0.0773. The van der Waals surface area contributed by atoms with Crippen LogP contribution in [0.15, 0.2) is 18.5 Å². The van der Waals surface area contributed by atoms with Crippen molar-refractivity contribution in [3.63, 3.8) is 0 Å². The number of hydrogen-bond donors (Lipinski definition) is 2. The van der Waals surface area contributed by atoms with Crippen LogP contribution >= 0.6 is 0 Å². The second kappa shape index (κ2) is 3.38. The quantitative estimate of drug-likeness (QED) is 0.657. The highest BCUT2D eigenvalue weighted by Crippen LogP contribution is 2.05. The van der Waals surface area contributed by atoms with Crippen molar-refractivity contribution in [3.8, 4) is 0 Å². The van der Waals surface area contributed by atoms with E-state index in [1.165, 1.54) is 0 Å². The zero-order chi connectivity index (χ0) is 9.10. The molecule has 0 aliphatic carbocycles. The van der Waals surface area contributed by atoms with Crippen LogP contribution in [0.3, 0.4) is 0 Å². The van der Waals surface area contributed by atoms with E-state index in [0.717, 1.165) is 0 Å². The van der Waals surface area contributed by atoms with Crippen molar-refractivity contribution in [2.45, 2.75) is 12.5 Å². The van der Waals surface area contributed by atoms with Crippen molar-refractivity contribution in [3.05, 3.63) is 18.5 Å². The fraction of sp³-hybridized carbons (Fsp3) is 0.375. The molecule has 1 aromatic heterocycles. The van der Waals surface area contributed by atoms with Crippen molar-refractivity contribution in [2.75, 3.05) is 11.9 Å². The first-order valence-electron chi connectivity index (χ1n) is 4.15. The van der Waals surface area contributed by atoms with Gasteiger partial charge in [0.25, 0.3) is 0 Å². The van der Waals surface area contributed by atoms with Crippen LogP contribution in [0.2, 0.25) is 0 Å². The van der Waals surface area contributed by atoms with E-state index in [1.54, 1.807) is 18.5 Å². The van der Waals surface area contributed by atoms with Crippen LogP contribution in [-0.2, 0) is 4.79 Å². The molecule has 1 saturated heterocycles. The van der Waals surface area contributed by atoms with Gasteiger partial charge in [-0.1, -0.05) is 0 Å². The molecular formula is C8H10N4O. The van der Waals surface area contributed by atoms with Crippen molar-refractivity contribution in [1.82, 2.24) is 15.3 Å². The summed E-state index contributed by atoms with van der Waals surface area (Å²) in [5, 5.41) is 5.80. The lowest BCUT2D eigenvalue weighted by atomic mass is 10.3. The minimum Gasteiger partial charge on any atom is -0.354 e. The summed E-state index contributed by atoms with van der Waals surface area (Å²) in [6.45, 7) is 0.650. The van der Waals surface area contributed by atoms with Gasteiger partial charge in [0.05, 0.1) is 6.04 Å². The summed E-state index contributed by atoms with van der Waals surface area (Å²) in [6.07, 6.45) is 3.83. The molecule has 1 fully saturated rings. The highest BCUT2D eigenvalue weighted by molar-refractivity contribution is 5.79. The lowest BCUT2D eigenvalue weighted by Crippen LogP contribution is -2.23. The molecule has 1 unspecified atom stereocenters. The summed E-state index contributed by atoms with van der Waals surface area (Å²) in [5.41, 5.74) is 0. The molecular weight excluding hydrogens is 168 g/mol. The molecule has 1 aromatic rings. The fourth-order valence-electron chi connectivity index (χ4n) is 1.26. The Hall–Kier alpha value is -1.65. The van der Waals surface area contributed by atoms with Crippen LogP contribution in [-0.4, -0.2) is 28.5 Å². The van der Waals surface area contributed by atoms with Gasteiger partial charge >= 0.3 is 0 Å². The summed E-state index contributed by atoms with van der Waals surface area (Å²) in [4.78, 5) is 18.9. The maximum absolute atomic E-state index is 10.9. The molecule has 1 amide bonds. The number of nitrogens with one attached hydrogen (secondary N) is 2. The molecule has 1 atom stereocenters. The summed E-state index contributed by atoms with van der Waals surface area (Å²) >= 11 is 0. The molecule has 5 heteroatoms. The Morgan fingerprint density at radius 3 is 2.85 bits per heavy atom. The van der Waals surface area contributed by atoms with E-state index >= 15 is 0 Å². The van der Waals surface area contributed by atoms with E-state index in [9.17, 15) is 4.79 Å². The van der Waals surface area contributed by atoms with Gasteiger partial charge in [-0.15, -0.1) is 0 Å². The van der Waals surface area contributed by atoms with Gasteiger partial charge in [-0.25, -0.2) is 9.97 Å². The summed E-state index contributed by atoms with van der Waals surface area (Å²) in [6, 6.07) is 1.87. The largest absolute Gasteiger partial charge is 0.354 e. The second-order valence-corrected chi connectivity index (χ2v) is 2.92. The number of hydrogen-bond acceptors (Lipinski definition) is 4. The molecule has 13 heavy (non-hydrogen) atoms. The van der Waals surface area contributed by atoms with Crippen LogP contribution in [0.4, 0.5) is 5.95 Å². The van der Waals surface area contributed by atoms with Gasteiger partial charge in [-0.3, -0.25) is 4.79 Å². The number of anilines is 1. The van der Waals surface area contributed by atoms with E-state index in [1.807, 2.05) is 0 Å². The first kappa shape index (κ1) is 7.97. The van der Waals surface area contributed by atoms with E-state index in [2.05, 4.69) is 20.6 Å². The number of carbonyl (C=O) groups excluding carboxylic acids is 1. The predicted octanol–water partition coefficient (Wildman–Crippen LogP) is -0.223. The second-order valence-electron chi connectivity index (χ2n) is 2.92. The SMILES string of the molecule is O=C1CC(Nc2ncccn2)CN1. The third-order valence-corrected chi connectivity index (χ3v) is 1.88. The van der Waals surface area contributed by atoms with Gasteiger partial charge in [0.1, 0.15) is 0 Å². The van der Waals surface area contributed by atoms with Crippen LogP contribution in [0.1, 0.15) is 6.42 Å². The Balaban J connectivity index is 1.96. The molecule has 5 nitrogen and oxygen atoms in total. The van der Waals surface area contributed by atoms with Gasteiger partial charge in [-0.2, -0.15) is 0 Å². The minimum absolute atomic E-state index is 0.0773. The maximum atomic E-state index is 10.9. The zero-order valence-electron chi connectivity index (χ0n) is 7.03. The molecule has 0 bridgehead atoms. The summed E-state index contributed by atoms with van der Waals surface area (Å²) < 4.78 is 0. The van der Waals surface area contributed by atoms with E-state index < -0.39 is 0 Å². The van der Waals surface area contributed by atoms with Crippen LogP contribution in [0.25, 0.3) is 0 Å². The Morgan fingerprint density at radius 1 is 1.46 bits per heavy atom. The molecule has 2 rings (SSSR count). The van der Waals surface area contributed by atoms with E-state index in [4.69, 9.17) is 0 Å². The topological polar surface area (TPSA) is 66.9 Å². The molecule has 0 aromatic carbocycles. The first-order chi connectivity index (χ1) is 6.34. The smallest absolute Gasteiger partial charge is 0.222 e. The molecule has 2 heterocycles. The molecule has 0 radical (unpaired) electrons. The lowest BCUT2D eigenvalue weighted by molar-refractivity contribution is -0.119.